The molecule has 0 radical (unpaired) electrons. The van der Waals surface area contributed by atoms with Gasteiger partial charge in [-0.25, -0.2) is 14.6 Å². The third kappa shape index (κ3) is 2.16. The number of nitrogens with zero attached hydrogens (tertiary/aromatic N) is 4. The Hall–Kier alpha value is -1.56. The average molecular weight is 235 g/mol. The number of aromatic nitrogens is 4. The van der Waals surface area contributed by atoms with E-state index in [0.29, 0.717) is 0 Å². The lowest BCUT2D eigenvalue weighted by molar-refractivity contribution is 0.799. The Bertz CT molecular complexity index is 471. The maximum Gasteiger partial charge on any atom is 0.191 e. The van der Waals surface area contributed by atoms with Crippen LogP contribution in [-0.2, 0) is 0 Å². The van der Waals surface area contributed by atoms with Crippen molar-refractivity contribution in [2.75, 3.05) is 18.6 Å². The molecule has 0 aliphatic rings. The third-order valence-electron chi connectivity index (χ3n) is 2.09. The number of hydrogen-bond acceptors (Lipinski definition) is 5. The topological polar surface area (TPSA) is 55.6 Å². The molecule has 0 saturated carbocycles. The molecule has 0 aliphatic heterocycles. The van der Waals surface area contributed by atoms with Crippen molar-refractivity contribution >= 4 is 17.6 Å². The van der Waals surface area contributed by atoms with E-state index in [2.05, 4.69) is 20.4 Å². The van der Waals surface area contributed by atoms with Crippen LogP contribution in [0.1, 0.15) is 5.69 Å². The summed E-state index contributed by atoms with van der Waals surface area (Å²) in [5.41, 5.74) is 0.968. The lowest BCUT2D eigenvalue weighted by atomic mass is 10.5. The lowest BCUT2D eigenvalue weighted by Gasteiger charge is -2.05. The minimum absolute atomic E-state index is 0.731. The first-order valence-electron chi connectivity index (χ1n) is 4.86. The largest absolute Gasteiger partial charge is 0.373 e. The van der Waals surface area contributed by atoms with Gasteiger partial charge in [-0.2, -0.15) is 5.10 Å². The van der Waals surface area contributed by atoms with Gasteiger partial charge in [0.25, 0.3) is 0 Å². The quantitative estimate of drug-likeness (QED) is 0.648. The van der Waals surface area contributed by atoms with Crippen LogP contribution >= 0.6 is 11.8 Å². The minimum Gasteiger partial charge on any atom is -0.373 e. The van der Waals surface area contributed by atoms with Crippen molar-refractivity contribution in [2.45, 2.75) is 12.1 Å². The van der Waals surface area contributed by atoms with Gasteiger partial charge >= 0.3 is 0 Å². The van der Waals surface area contributed by atoms with Gasteiger partial charge in [0, 0.05) is 19.3 Å². The smallest absolute Gasteiger partial charge is 0.191 e. The Morgan fingerprint density at radius 2 is 2.19 bits per heavy atom. The van der Waals surface area contributed by atoms with Crippen LogP contribution in [0.5, 0.6) is 0 Å². The number of aryl methyl sites for hydroxylation is 1. The van der Waals surface area contributed by atoms with Crippen LogP contribution < -0.4 is 5.32 Å². The second kappa shape index (κ2) is 4.52. The van der Waals surface area contributed by atoms with Crippen molar-refractivity contribution in [1.29, 1.82) is 0 Å². The van der Waals surface area contributed by atoms with Crippen LogP contribution in [0, 0.1) is 6.92 Å². The fourth-order valence-corrected chi connectivity index (χ4v) is 1.67. The van der Waals surface area contributed by atoms with Crippen LogP contribution in [0.25, 0.3) is 5.82 Å². The second-order valence-corrected chi connectivity index (χ2v) is 4.02. The van der Waals surface area contributed by atoms with E-state index in [9.17, 15) is 0 Å². The number of hydrogen-bond donors (Lipinski definition) is 1. The molecule has 2 heterocycles. The van der Waals surface area contributed by atoms with Crippen LogP contribution in [0.3, 0.4) is 0 Å². The number of anilines is 1. The van der Waals surface area contributed by atoms with Gasteiger partial charge in [0.05, 0.1) is 5.69 Å². The first-order chi connectivity index (χ1) is 7.72. The van der Waals surface area contributed by atoms with Crippen molar-refractivity contribution in [2.24, 2.45) is 0 Å². The van der Waals surface area contributed by atoms with E-state index in [0.717, 1.165) is 22.5 Å². The fourth-order valence-electron chi connectivity index (χ4n) is 1.29. The Balaban J connectivity index is 2.47. The maximum absolute atomic E-state index is 4.40. The Morgan fingerprint density at radius 3 is 2.75 bits per heavy atom. The highest BCUT2D eigenvalue weighted by atomic mass is 32.2. The van der Waals surface area contributed by atoms with E-state index in [-0.39, 0.29) is 0 Å². The van der Waals surface area contributed by atoms with Crippen molar-refractivity contribution in [1.82, 2.24) is 19.7 Å². The molecule has 0 saturated heterocycles. The molecular weight excluding hydrogens is 222 g/mol. The van der Waals surface area contributed by atoms with Gasteiger partial charge in [-0.05, 0) is 19.2 Å². The molecule has 84 valence electrons. The molecular formula is C10H13N5S. The molecule has 2 rings (SSSR count). The normalized spacial score (nSPS) is 10.4. The van der Waals surface area contributed by atoms with Gasteiger partial charge in [0.1, 0.15) is 5.82 Å². The molecule has 2 aromatic rings. The molecule has 0 bridgehead atoms. The SMILES string of the molecule is CNc1cc(-n2ccc(C)n2)nc(SC)n1. The summed E-state index contributed by atoms with van der Waals surface area (Å²) in [6.45, 7) is 1.95. The fraction of sp³-hybridized carbons (Fsp3) is 0.300. The predicted molar refractivity (Wildman–Crippen MR) is 65.2 cm³/mol. The standard InChI is InChI=1S/C10H13N5S/c1-7-4-5-15(14-7)9-6-8(11-2)12-10(13-9)16-3/h4-6H,1-3H3,(H,11,12,13). The maximum atomic E-state index is 4.40. The van der Waals surface area contributed by atoms with Crippen LogP contribution in [0.4, 0.5) is 5.82 Å². The van der Waals surface area contributed by atoms with Crippen molar-refractivity contribution in [3.05, 3.63) is 24.0 Å². The zero-order valence-electron chi connectivity index (χ0n) is 9.43. The van der Waals surface area contributed by atoms with E-state index < -0.39 is 0 Å². The van der Waals surface area contributed by atoms with E-state index in [4.69, 9.17) is 0 Å². The summed E-state index contributed by atoms with van der Waals surface area (Å²) < 4.78 is 1.75. The van der Waals surface area contributed by atoms with E-state index in [1.807, 2.05) is 38.6 Å². The molecule has 0 atom stereocenters. The number of thioether (sulfide) groups is 1. The molecule has 0 unspecified atom stereocenters. The third-order valence-corrected chi connectivity index (χ3v) is 2.64. The summed E-state index contributed by atoms with van der Waals surface area (Å²) in [4.78, 5) is 8.70. The first-order valence-corrected chi connectivity index (χ1v) is 6.09. The molecule has 5 nitrogen and oxygen atoms in total. The van der Waals surface area contributed by atoms with Gasteiger partial charge in [-0.3, -0.25) is 0 Å². The van der Waals surface area contributed by atoms with Gasteiger partial charge in [-0.1, -0.05) is 11.8 Å². The van der Waals surface area contributed by atoms with Crippen LogP contribution in [0.2, 0.25) is 0 Å². The Kier molecular flexibility index (Phi) is 3.09. The lowest BCUT2D eigenvalue weighted by Crippen LogP contribution is -2.03. The molecule has 0 fully saturated rings. The van der Waals surface area contributed by atoms with Crippen LogP contribution in [0.15, 0.2) is 23.5 Å². The highest BCUT2D eigenvalue weighted by molar-refractivity contribution is 7.98. The minimum atomic E-state index is 0.731. The zero-order valence-corrected chi connectivity index (χ0v) is 10.2. The predicted octanol–water partition coefficient (Wildman–Crippen LogP) is 1.73. The molecule has 6 heteroatoms. The Labute approximate surface area is 98.3 Å². The summed E-state index contributed by atoms with van der Waals surface area (Å²) >= 11 is 1.51. The molecule has 0 aliphatic carbocycles. The van der Waals surface area contributed by atoms with E-state index >= 15 is 0 Å². The van der Waals surface area contributed by atoms with E-state index in [1.165, 1.54) is 11.8 Å². The summed E-state index contributed by atoms with van der Waals surface area (Å²) in [6, 6.07) is 3.81. The first kappa shape index (κ1) is 10.9. The Morgan fingerprint density at radius 1 is 1.38 bits per heavy atom. The highest BCUT2D eigenvalue weighted by Crippen LogP contribution is 2.16. The molecule has 16 heavy (non-hydrogen) atoms. The zero-order chi connectivity index (χ0) is 11.5. The summed E-state index contributed by atoms with van der Waals surface area (Å²) in [7, 11) is 1.84. The molecule has 2 aromatic heterocycles. The summed E-state index contributed by atoms with van der Waals surface area (Å²) in [5.74, 6) is 1.57. The molecule has 0 aromatic carbocycles. The highest BCUT2D eigenvalue weighted by Gasteiger charge is 2.05. The number of rotatable bonds is 3. The van der Waals surface area contributed by atoms with Gasteiger partial charge < -0.3 is 5.32 Å². The molecule has 1 N–H and O–H groups in total. The number of nitrogens with one attached hydrogen (secondary N) is 1. The second-order valence-electron chi connectivity index (χ2n) is 3.25. The summed E-state index contributed by atoms with van der Waals surface area (Å²) in [6.07, 6.45) is 3.84. The average Bonchev–Trinajstić information content (AvgIpc) is 2.75. The molecule has 0 spiro atoms. The van der Waals surface area contributed by atoms with Gasteiger partial charge in [-0.15, -0.1) is 0 Å². The summed E-state index contributed by atoms with van der Waals surface area (Å²) in [5, 5.41) is 8.07. The van der Waals surface area contributed by atoms with Gasteiger partial charge in [0.2, 0.25) is 0 Å². The molecule has 0 amide bonds. The van der Waals surface area contributed by atoms with Crippen molar-refractivity contribution < 1.29 is 0 Å². The van der Waals surface area contributed by atoms with Gasteiger partial charge in [0.15, 0.2) is 11.0 Å². The van der Waals surface area contributed by atoms with Crippen molar-refractivity contribution in [3.63, 3.8) is 0 Å². The monoisotopic (exact) mass is 235 g/mol. The van der Waals surface area contributed by atoms with E-state index in [1.54, 1.807) is 4.68 Å². The van der Waals surface area contributed by atoms with Crippen molar-refractivity contribution in [3.8, 4) is 5.82 Å². The van der Waals surface area contributed by atoms with Crippen LogP contribution in [-0.4, -0.2) is 33.1 Å².